The minimum absolute atomic E-state index is 0.108. The first-order valence-corrected chi connectivity index (χ1v) is 5.83. The lowest BCUT2D eigenvalue weighted by Crippen LogP contribution is -2.14. The Labute approximate surface area is 115 Å². The van der Waals surface area contributed by atoms with E-state index in [-0.39, 0.29) is 5.56 Å². The summed E-state index contributed by atoms with van der Waals surface area (Å²) in [5.74, 6) is -1.44. The van der Waals surface area contributed by atoms with Crippen LogP contribution in [0, 0.1) is 6.92 Å². The molecule has 2 rings (SSSR count). The largest absolute Gasteiger partial charge is 0.478 e. The quantitative estimate of drug-likeness (QED) is 0.791. The molecule has 102 valence electrons. The summed E-state index contributed by atoms with van der Waals surface area (Å²) < 4.78 is 0. The first-order chi connectivity index (χ1) is 9.47. The number of carboxylic acid groups (broad SMARTS) is 1. The van der Waals surface area contributed by atoms with Gasteiger partial charge in [0.15, 0.2) is 0 Å². The fraction of sp³-hybridized carbons (Fsp3) is 0.0714. The average molecular weight is 271 g/mol. The highest BCUT2D eigenvalue weighted by molar-refractivity contribution is 6.05. The van der Waals surface area contributed by atoms with E-state index in [0.717, 1.165) is 5.56 Å². The number of nitrogens with two attached hydrogens (primary N) is 1. The SMILES string of the molecule is Cc1ccc(C(=O)O)cc1NC(=O)c1cncc(N)c1. The lowest BCUT2D eigenvalue weighted by atomic mass is 10.1. The smallest absolute Gasteiger partial charge is 0.335 e. The minimum Gasteiger partial charge on any atom is -0.478 e. The topological polar surface area (TPSA) is 105 Å². The molecule has 0 saturated carbocycles. The van der Waals surface area contributed by atoms with Gasteiger partial charge >= 0.3 is 5.97 Å². The summed E-state index contributed by atoms with van der Waals surface area (Å²) in [6.07, 6.45) is 2.83. The maximum Gasteiger partial charge on any atom is 0.335 e. The molecule has 0 atom stereocenters. The van der Waals surface area contributed by atoms with E-state index in [2.05, 4.69) is 10.3 Å². The summed E-state index contributed by atoms with van der Waals surface area (Å²) in [4.78, 5) is 26.8. The first kappa shape index (κ1) is 13.5. The number of carbonyl (C=O) groups excluding carboxylic acids is 1. The van der Waals surface area contributed by atoms with Crippen LogP contribution in [0.4, 0.5) is 11.4 Å². The molecular formula is C14H13N3O3. The fourth-order valence-corrected chi connectivity index (χ4v) is 1.67. The van der Waals surface area contributed by atoms with E-state index in [1.165, 1.54) is 30.6 Å². The van der Waals surface area contributed by atoms with Crippen LogP contribution >= 0.6 is 0 Å². The second-order valence-electron chi connectivity index (χ2n) is 4.30. The Morgan fingerprint density at radius 3 is 2.60 bits per heavy atom. The second kappa shape index (κ2) is 5.40. The molecule has 0 aliphatic heterocycles. The Balaban J connectivity index is 2.27. The van der Waals surface area contributed by atoms with Crippen molar-refractivity contribution in [3.63, 3.8) is 0 Å². The molecule has 1 aromatic heterocycles. The molecule has 0 unspecified atom stereocenters. The van der Waals surface area contributed by atoms with Gasteiger partial charge in [0.05, 0.1) is 16.8 Å². The number of aromatic nitrogens is 1. The van der Waals surface area contributed by atoms with Crippen molar-refractivity contribution in [2.45, 2.75) is 6.92 Å². The third kappa shape index (κ3) is 2.92. The molecule has 2 aromatic rings. The molecule has 1 aromatic carbocycles. The van der Waals surface area contributed by atoms with Gasteiger partial charge in [-0.25, -0.2) is 4.79 Å². The van der Waals surface area contributed by atoms with E-state index in [1.54, 1.807) is 13.0 Å². The van der Waals surface area contributed by atoms with E-state index in [0.29, 0.717) is 16.9 Å². The zero-order valence-corrected chi connectivity index (χ0v) is 10.8. The molecule has 0 saturated heterocycles. The summed E-state index contributed by atoms with van der Waals surface area (Å²) in [5.41, 5.74) is 7.57. The van der Waals surface area contributed by atoms with Crippen molar-refractivity contribution in [2.75, 3.05) is 11.1 Å². The number of hydrogen-bond donors (Lipinski definition) is 3. The van der Waals surface area contributed by atoms with E-state index in [9.17, 15) is 9.59 Å². The number of nitrogens with zero attached hydrogens (tertiary/aromatic N) is 1. The van der Waals surface area contributed by atoms with Crippen molar-refractivity contribution in [3.05, 3.63) is 53.3 Å². The Morgan fingerprint density at radius 1 is 1.20 bits per heavy atom. The number of anilines is 2. The van der Waals surface area contributed by atoms with E-state index in [4.69, 9.17) is 10.8 Å². The van der Waals surface area contributed by atoms with Crippen molar-refractivity contribution in [3.8, 4) is 0 Å². The Kier molecular flexibility index (Phi) is 3.65. The standard InChI is InChI=1S/C14H13N3O3/c1-8-2-3-9(14(19)20)5-12(8)17-13(18)10-4-11(15)7-16-6-10/h2-7H,15H2,1H3,(H,17,18)(H,19,20). The fourth-order valence-electron chi connectivity index (χ4n) is 1.67. The number of benzene rings is 1. The van der Waals surface area contributed by atoms with Gasteiger partial charge in [-0.3, -0.25) is 9.78 Å². The van der Waals surface area contributed by atoms with Crippen molar-refractivity contribution in [2.24, 2.45) is 0 Å². The summed E-state index contributed by atoms with van der Waals surface area (Å²) in [5, 5.41) is 11.6. The van der Waals surface area contributed by atoms with Crippen LogP contribution in [-0.4, -0.2) is 22.0 Å². The van der Waals surface area contributed by atoms with Gasteiger partial charge in [-0.05, 0) is 30.7 Å². The molecule has 0 spiro atoms. The predicted molar refractivity (Wildman–Crippen MR) is 74.7 cm³/mol. The van der Waals surface area contributed by atoms with Crippen molar-refractivity contribution in [1.29, 1.82) is 0 Å². The minimum atomic E-state index is -1.05. The summed E-state index contributed by atoms with van der Waals surface area (Å²) >= 11 is 0. The Hall–Kier alpha value is -2.89. The predicted octanol–water partition coefficient (Wildman–Crippen LogP) is 1.92. The van der Waals surface area contributed by atoms with Crippen molar-refractivity contribution in [1.82, 2.24) is 4.98 Å². The summed E-state index contributed by atoms with van der Waals surface area (Å²) in [6.45, 7) is 1.78. The molecule has 0 aliphatic carbocycles. The molecule has 1 heterocycles. The number of aromatic carboxylic acids is 1. The van der Waals surface area contributed by atoms with Gasteiger partial charge in [0.25, 0.3) is 5.91 Å². The van der Waals surface area contributed by atoms with Crippen LogP contribution in [-0.2, 0) is 0 Å². The normalized spacial score (nSPS) is 10.1. The molecule has 0 bridgehead atoms. The average Bonchev–Trinajstić information content (AvgIpc) is 2.41. The van der Waals surface area contributed by atoms with Gasteiger partial charge in [-0.2, -0.15) is 0 Å². The summed E-state index contributed by atoms with van der Waals surface area (Å²) in [7, 11) is 0. The molecule has 6 heteroatoms. The van der Waals surface area contributed by atoms with E-state index in [1.807, 2.05) is 0 Å². The number of hydrogen-bond acceptors (Lipinski definition) is 4. The second-order valence-corrected chi connectivity index (χ2v) is 4.30. The van der Waals surface area contributed by atoms with Gasteiger partial charge < -0.3 is 16.2 Å². The molecule has 0 radical (unpaired) electrons. The number of nitrogens with one attached hydrogen (secondary N) is 1. The highest BCUT2D eigenvalue weighted by atomic mass is 16.4. The van der Waals surface area contributed by atoms with Crippen LogP contribution < -0.4 is 11.1 Å². The van der Waals surface area contributed by atoms with Crippen LogP contribution in [0.25, 0.3) is 0 Å². The molecule has 20 heavy (non-hydrogen) atoms. The third-order valence-electron chi connectivity index (χ3n) is 2.75. The number of nitrogen functional groups attached to an aromatic ring is 1. The van der Waals surface area contributed by atoms with Gasteiger partial charge in [-0.1, -0.05) is 6.07 Å². The Bertz CT molecular complexity index is 683. The number of rotatable bonds is 3. The van der Waals surface area contributed by atoms with Crippen molar-refractivity contribution < 1.29 is 14.7 Å². The molecule has 6 nitrogen and oxygen atoms in total. The van der Waals surface area contributed by atoms with Gasteiger partial charge in [0, 0.05) is 18.1 Å². The van der Waals surface area contributed by atoms with Gasteiger partial charge in [-0.15, -0.1) is 0 Å². The lowest BCUT2D eigenvalue weighted by molar-refractivity contribution is 0.0696. The van der Waals surface area contributed by atoms with Gasteiger partial charge in [0.2, 0.25) is 0 Å². The Morgan fingerprint density at radius 2 is 1.95 bits per heavy atom. The van der Waals surface area contributed by atoms with Crippen LogP contribution in [0.1, 0.15) is 26.3 Å². The maximum absolute atomic E-state index is 12.0. The molecule has 0 aliphatic rings. The zero-order valence-electron chi connectivity index (χ0n) is 10.8. The van der Waals surface area contributed by atoms with Crippen LogP contribution in [0.15, 0.2) is 36.7 Å². The lowest BCUT2D eigenvalue weighted by Gasteiger charge is -2.09. The maximum atomic E-state index is 12.0. The van der Waals surface area contributed by atoms with Crippen LogP contribution in [0.5, 0.6) is 0 Å². The van der Waals surface area contributed by atoms with Crippen LogP contribution in [0.2, 0.25) is 0 Å². The third-order valence-corrected chi connectivity index (χ3v) is 2.75. The van der Waals surface area contributed by atoms with Gasteiger partial charge in [0.1, 0.15) is 0 Å². The number of carbonyl (C=O) groups is 2. The monoisotopic (exact) mass is 271 g/mol. The van der Waals surface area contributed by atoms with E-state index >= 15 is 0 Å². The molecule has 4 N–H and O–H groups in total. The zero-order chi connectivity index (χ0) is 14.7. The molecule has 0 fully saturated rings. The van der Waals surface area contributed by atoms with Crippen LogP contribution in [0.3, 0.4) is 0 Å². The highest BCUT2D eigenvalue weighted by Crippen LogP contribution is 2.18. The van der Waals surface area contributed by atoms with E-state index < -0.39 is 11.9 Å². The molecular weight excluding hydrogens is 258 g/mol. The first-order valence-electron chi connectivity index (χ1n) is 5.83. The number of pyridine rings is 1. The highest BCUT2D eigenvalue weighted by Gasteiger charge is 2.11. The van der Waals surface area contributed by atoms with Crippen molar-refractivity contribution >= 4 is 23.3 Å². The number of amides is 1. The number of aryl methyl sites for hydroxylation is 1. The number of carboxylic acids is 1. The molecule has 1 amide bonds. The summed E-state index contributed by atoms with van der Waals surface area (Å²) in [6, 6.07) is 6.03.